The van der Waals surface area contributed by atoms with Crippen molar-refractivity contribution in [3.63, 3.8) is 0 Å². The average molecular weight is 251 g/mol. The van der Waals surface area contributed by atoms with E-state index < -0.39 is 0 Å². The van der Waals surface area contributed by atoms with E-state index in [1.54, 1.807) is 4.68 Å². The van der Waals surface area contributed by atoms with E-state index in [0.717, 1.165) is 16.6 Å². The Bertz CT molecular complexity index is 741. The molecule has 4 nitrogen and oxygen atoms in total. The highest BCUT2D eigenvalue weighted by Gasteiger charge is 2.16. The van der Waals surface area contributed by atoms with Gasteiger partial charge in [0, 0.05) is 0 Å². The fraction of sp³-hybridized carbons (Fsp3) is 0.0667. The zero-order valence-corrected chi connectivity index (χ0v) is 10.7. The van der Waals surface area contributed by atoms with E-state index in [1.807, 2.05) is 72.4 Å². The number of nitrogens with two attached hydrogens (primary N) is 1. The van der Waals surface area contributed by atoms with Crippen LogP contribution in [-0.2, 0) is 7.05 Å². The van der Waals surface area contributed by atoms with Crippen LogP contribution in [0.5, 0.6) is 0 Å². The second-order valence-corrected chi connectivity index (χ2v) is 4.37. The second-order valence-electron chi connectivity index (χ2n) is 4.37. The van der Waals surface area contributed by atoms with Crippen LogP contribution in [0.25, 0.3) is 11.0 Å². The average Bonchev–Trinajstić information content (AvgIpc) is 2.71. The largest absolute Gasteiger partial charge is 0.380 e. The number of anilines is 1. The van der Waals surface area contributed by atoms with Gasteiger partial charge in [-0.05, 0) is 17.7 Å². The number of imidazole rings is 1. The summed E-state index contributed by atoms with van der Waals surface area (Å²) in [4.78, 5) is 0. The highest BCUT2D eigenvalue weighted by Crippen LogP contribution is 2.14. The van der Waals surface area contributed by atoms with Crippen molar-refractivity contribution in [2.75, 3.05) is 5.73 Å². The fourth-order valence-corrected chi connectivity index (χ4v) is 2.10. The van der Waals surface area contributed by atoms with Crippen LogP contribution in [0.4, 0.5) is 5.95 Å². The Hall–Kier alpha value is -2.62. The number of aromatic nitrogens is 2. The van der Waals surface area contributed by atoms with E-state index in [4.69, 9.17) is 5.73 Å². The Balaban J connectivity index is 2.11. The second kappa shape index (κ2) is 4.57. The third-order valence-corrected chi connectivity index (χ3v) is 3.15. The fourth-order valence-electron chi connectivity index (χ4n) is 2.10. The Morgan fingerprint density at radius 1 is 1.05 bits per heavy atom. The molecule has 0 radical (unpaired) electrons. The summed E-state index contributed by atoms with van der Waals surface area (Å²) in [5.74, 6) is 0.605. The molecule has 0 saturated heterocycles. The topological polar surface area (TPSA) is 47.2 Å². The number of benzene rings is 2. The highest BCUT2D eigenvalue weighted by molar-refractivity contribution is 5.81. The number of hydrogen-bond acceptors (Lipinski definition) is 2. The van der Waals surface area contributed by atoms with Crippen LogP contribution < -0.4 is 10.3 Å². The van der Waals surface area contributed by atoms with Crippen LogP contribution in [-0.4, -0.2) is 10.9 Å². The molecule has 0 aliphatic heterocycles. The Morgan fingerprint density at radius 2 is 1.74 bits per heavy atom. The lowest BCUT2D eigenvalue weighted by atomic mass is 10.2. The van der Waals surface area contributed by atoms with Crippen molar-refractivity contribution in [3.8, 4) is 0 Å². The summed E-state index contributed by atoms with van der Waals surface area (Å²) in [5.41, 5.74) is 9.19. The van der Waals surface area contributed by atoms with E-state index in [-0.39, 0.29) is 0 Å². The molecule has 0 amide bonds. The van der Waals surface area contributed by atoms with Crippen LogP contribution in [0.2, 0.25) is 0 Å². The Labute approximate surface area is 111 Å². The van der Waals surface area contributed by atoms with Gasteiger partial charge in [-0.1, -0.05) is 42.5 Å². The molecular formula is C15H15N4+. The van der Waals surface area contributed by atoms with Gasteiger partial charge >= 0.3 is 5.95 Å². The molecule has 0 spiro atoms. The molecule has 1 aromatic heterocycles. The number of nitrogens with zero attached hydrogens (tertiary/aromatic N) is 3. The first-order valence-electron chi connectivity index (χ1n) is 6.12. The normalized spacial score (nSPS) is 11.4. The molecule has 2 N–H and O–H groups in total. The zero-order chi connectivity index (χ0) is 13.2. The monoisotopic (exact) mass is 251 g/mol. The lowest BCUT2D eigenvalue weighted by molar-refractivity contribution is -0.630. The molecule has 0 bridgehead atoms. The predicted octanol–water partition coefficient (Wildman–Crippen LogP) is 1.93. The molecule has 0 fully saturated rings. The van der Waals surface area contributed by atoms with Crippen molar-refractivity contribution in [2.24, 2.45) is 12.1 Å². The molecule has 19 heavy (non-hydrogen) atoms. The molecule has 0 saturated carbocycles. The van der Waals surface area contributed by atoms with E-state index in [1.165, 1.54) is 0 Å². The van der Waals surface area contributed by atoms with E-state index >= 15 is 0 Å². The maximum Gasteiger partial charge on any atom is 0.380 e. The van der Waals surface area contributed by atoms with Crippen LogP contribution in [0.3, 0.4) is 0 Å². The summed E-state index contributed by atoms with van der Waals surface area (Å²) in [5, 5.41) is 4.47. The molecule has 94 valence electrons. The van der Waals surface area contributed by atoms with Crippen molar-refractivity contribution in [2.45, 2.75) is 0 Å². The molecule has 1 heterocycles. The van der Waals surface area contributed by atoms with Gasteiger partial charge in [-0.3, -0.25) is 5.73 Å². The third kappa shape index (κ3) is 1.97. The van der Waals surface area contributed by atoms with Gasteiger partial charge in [-0.25, -0.2) is 4.57 Å². The summed E-state index contributed by atoms with van der Waals surface area (Å²) in [6, 6.07) is 18.0. The van der Waals surface area contributed by atoms with Gasteiger partial charge in [0.25, 0.3) is 0 Å². The molecule has 2 aromatic carbocycles. The minimum absolute atomic E-state index is 0.605. The Kier molecular flexibility index (Phi) is 2.76. The van der Waals surface area contributed by atoms with Crippen LogP contribution in [0.1, 0.15) is 5.56 Å². The lowest BCUT2D eigenvalue weighted by Crippen LogP contribution is -2.31. The number of fused-ring (bicyclic) bond motifs is 1. The van der Waals surface area contributed by atoms with Crippen molar-refractivity contribution >= 4 is 23.2 Å². The van der Waals surface area contributed by atoms with Crippen LogP contribution >= 0.6 is 0 Å². The van der Waals surface area contributed by atoms with Crippen molar-refractivity contribution in [3.05, 3.63) is 60.2 Å². The number of hydrogen-bond donors (Lipinski definition) is 1. The summed E-state index contributed by atoms with van der Waals surface area (Å²) in [7, 11) is 1.94. The van der Waals surface area contributed by atoms with E-state index in [2.05, 4.69) is 5.10 Å². The zero-order valence-electron chi connectivity index (χ0n) is 10.7. The molecule has 0 atom stereocenters. The van der Waals surface area contributed by atoms with Gasteiger partial charge in [-0.15, -0.1) is 9.78 Å². The molecule has 0 aliphatic carbocycles. The van der Waals surface area contributed by atoms with Gasteiger partial charge in [-0.2, -0.15) is 0 Å². The standard InChI is InChI=1S/C15H14N4/c1-18-13-9-5-6-10-14(13)19(15(18)16)17-11-12-7-3-2-4-8-12/h2-11,16H,1H3/p+1/b17-11-. The summed E-state index contributed by atoms with van der Waals surface area (Å²) >= 11 is 0. The predicted molar refractivity (Wildman–Crippen MR) is 77.0 cm³/mol. The molecule has 0 unspecified atom stereocenters. The maximum atomic E-state index is 6.09. The number of para-hydroxylation sites is 2. The van der Waals surface area contributed by atoms with Gasteiger partial charge in [0.15, 0.2) is 5.52 Å². The highest BCUT2D eigenvalue weighted by atomic mass is 15.4. The molecule has 3 rings (SSSR count). The maximum absolute atomic E-state index is 6.09. The number of nitrogen functional groups attached to an aromatic ring is 1. The van der Waals surface area contributed by atoms with Crippen molar-refractivity contribution in [1.29, 1.82) is 0 Å². The van der Waals surface area contributed by atoms with E-state index in [0.29, 0.717) is 5.95 Å². The smallest absolute Gasteiger partial charge is 0.288 e. The quantitative estimate of drug-likeness (QED) is 0.549. The first kappa shape index (κ1) is 11.5. The summed E-state index contributed by atoms with van der Waals surface area (Å²) in [6.45, 7) is 0. The first-order chi connectivity index (χ1) is 9.27. The van der Waals surface area contributed by atoms with Crippen molar-refractivity contribution in [1.82, 2.24) is 4.68 Å². The minimum Gasteiger partial charge on any atom is -0.288 e. The van der Waals surface area contributed by atoms with Crippen LogP contribution in [0.15, 0.2) is 59.7 Å². The minimum atomic E-state index is 0.605. The van der Waals surface area contributed by atoms with Gasteiger partial charge < -0.3 is 0 Å². The van der Waals surface area contributed by atoms with Crippen molar-refractivity contribution < 1.29 is 4.57 Å². The molecular weight excluding hydrogens is 236 g/mol. The summed E-state index contributed by atoms with van der Waals surface area (Å²) < 4.78 is 3.68. The lowest BCUT2D eigenvalue weighted by Gasteiger charge is -1.92. The van der Waals surface area contributed by atoms with Gasteiger partial charge in [0.1, 0.15) is 5.52 Å². The van der Waals surface area contributed by atoms with Crippen LogP contribution in [0, 0.1) is 0 Å². The summed E-state index contributed by atoms with van der Waals surface area (Å²) in [6.07, 6.45) is 1.81. The Morgan fingerprint density at radius 3 is 2.53 bits per heavy atom. The van der Waals surface area contributed by atoms with Gasteiger partial charge in [0.05, 0.1) is 13.3 Å². The number of rotatable bonds is 2. The van der Waals surface area contributed by atoms with E-state index in [9.17, 15) is 0 Å². The SMILES string of the molecule is C[n+]1c(N)n(/N=C\c2ccccc2)c2ccccc21. The third-order valence-electron chi connectivity index (χ3n) is 3.15. The molecule has 0 aliphatic rings. The van der Waals surface area contributed by atoms with Gasteiger partial charge in [0.2, 0.25) is 0 Å². The first-order valence-corrected chi connectivity index (χ1v) is 6.12. The molecule has 3 aromatic rings. The molecule has 4 heteroatoms. The number of aryl methyl sites for hydroxylation is 1.